The van der Waals surface area contributed by atoms with Crippen molar-refractivity contribution in [1.82, 2.24) is 4.98 Å². The maximum absolute atomic E-state index is 9.96. The second-order valence-electron chi connectivity index (χ2n) is 4.16. The number of aromatic nitrogens is 1. The van der Waals surface area contributed by atoms with E-state index in [1.165, 1.54) is 0 Å². The molecule has 2 aromatic rings. The van der Waals surface area contributed by atoms with Crippen LogP contribution in [0.25, 0.3) is 11.3 Å². The molecule has 0 bridgehead atoms. The Balaban J connectivity index is 2.51. The Labute approximate surface area is 112 Å². The van der Waals surface area contributed by atoms with Gasteiger partial charge < -0.3 is 14.9 Å². The first-order valence-corrected chi connectivity index (χ1v) is 6.30. The minimum absolute atomic E-state index is 0.127. The van der Waals surface area contributed by atoms with Crippen LogP contribution in [0.2, 0.25) is 0 Å². The van der Waals surface area contributed by atoms with Gasteiger partial charge in [-0.05, 0) is 37.1 Å². The van der Waals surface area contributed by atoms with E-state index in [1.807, 2.05) is 26.0 Å². The molecule has 4 nitrogen and oxygen atoms in total. The number of nitrogens with zero attached hydrogens (tertiary/aromatic N) is 1. The summed E-state index contributed by atoms with van der Waals surface area (Å²) in [6.07, 6.45) is 0.770. The van der Waals surface area contributed by atoms with Crippen molar-refractivity contribution in [3.63, 3.8) is 0 Å². The molecule has 0 saturated heterocycles. The molecule has 4 heteroatoms. The number of benzene rings is 1. The van der Waals surface area contributed by atoms with E-state index in [0.717, 1.165) is 12.0 Å². The lowest BCUT2D eigenvalue weighted by Gasteiger charge is -2.10. The van der Waals surface area contributed by atoms with Crippen LogP contribution in [0.1, 0.15) is 19.4 Å². The summed E-state index contributed by atoms with van der Waals surface area (Å²) >= 11 is 0. The lowest BCUT2D eigenvalue weighted by Crippen LogP contribution is -1.95. The SMILES string of the molecule is CCOc1cccc(-c2cc(CC)cc(O)c2O)n1. The Bertz CT molecular complexity index is 582. The van der Waals surface area contributed by atoms with Gasteiger partial charge in [0.15, 0.2) is 11.5 Å². The highest BCUT2D eigenvalue weighted by atomic mass is 16.5. The van der Waals surface area contributed by atoms with Crippen molar-refractivity contribution in [3.05, 3.63) is 35.9 Å². The van der Waals surface area contributed by atoms with Gasteiger partial charge in [-0.2, -0.15) is 0 Å². The number of rotatable bonds is 4. The van der Waals surface area contributed by atoms with Crippen LogP contribution in [0.3, 0.4) is 0 Å². The predicted octanol–water partition coefficient (Wildman–Crippen LogP) is 3.12. The Morgan fingerprint density at radius 3 is 2.63 bits per heavy atom. The molecule has 0 aliphatic rings. The van der Waals surface area contributed by atoms with E-state index in [0.29, 0.717) is 23.7 Å². The monoisotopic (exact) mass is 259 g/mol. The molecule has 19 heavy (non-hydrogen) atoms. The molecule has 0 aliphatic heterocycles. The van der Waals surface area contributed by atoms with E-state index in [1.54, 1.807) is 18.2 Å². The lowest BCUT2D eigenvalue weighted by atomic mass is 10.0. The third kappa shape index (κ3) is 2.78. The van der Waals surface area contributed by atoms with Crippen molar-refractivity contribution in [2.45, 2.75) is 20.3 Å². The molecule has 0 spiro atoms. The quantitative estimate of drug-likeness (QED) is 0.828. The number of phenols is 2. The van der Waals surface area contributed by atoms with Crippen LogP contribution in [0.5, 0.6) is 17.4 Å². The maximum atomic E-state index is 9.96. The summed E-state index contributed by atoms with van der Waals surface area (Å²) in [7, 11) is 0. The molecule has 2 rings (SSSR count). The van der Waals surface area contributed by atoms with Gasteiger partial charge in [0.25, 0.3) is 0 Å². The van der Waals surface area contributed by atoms with Crippen molar-refractivity contribution in [1.29, 1.82) is 0 Å². The van der Waals surface area contributed by atoms with Crippen LogP contribution in [-0.2, 0) is 6.42 Å². The van der Waals surface area contributed by atoms with Crippen molar-refractivity contribution < 1.29 is 14.9 Å². The molecule has 1 aromatic carbocycles. The van der Waals surface area contributed by atoms with Crippen LogP contribution < -0.4 is 4.74 Å². The first-order chi connectivity index (χ1) is 9.15. The van der Waals surface area contributed by atoms with E-state index in [2.05, 4.69) is 4.98 Å². The molecule has 1 heterocycles. The summed E-state index contributed by atoms with van der Waals surface area (Å²) in [5.74, 6) is 0.220. The fraction of sp³-hybridized carbons (Fsp3) is 0.267. The average Bonchev–Trinajstić information content (AvgIpc) is 2.42. The van der Waals surface area contributed by atoms with Crippen LogP contribution in [0.15, 0.2) is 30.3 Å². The van der Waals surface area contributed by atoms with E-state index >= 15 is 0 Å². The average molecular weight is 259 g/mol. The maximum Gasteiger partial charge on any atom is 0.213 e. The van der Waals surface area contributed by atoms with E-state index in [9.17, 15) is 10.2 Å². The fourth-order valence-corrected chi connectivity index (χ4v) is 1.87. The molecule has 2 N–H and O–H groups in total. The molecule has 0 fully saturated rings. The minimum atomic E-state index is -0.154. The van der Waals surface area contributed by atoms with Crippen LogP contribution in [0, 0.1) is 0 Å². The molecular weight excluding hydrogens is 242 g/mol. The number of aromatic hydroxyl groups is 2. The van der Waals surface area contributed by atoms with Crippen LogP contribution in [-0.4, -0.2) is 21.8 Å². The number of pyridine rings is 1. The second-order valence-corrected chi connectivity index (χ2v) is 4.16. The molecule has 0 radical (unpaired) electrons. The summed E-state index contributed by atoms with van der Waals surface area (Å²) in [6, 6.07) is 8.73. The smallest absolute Gasteiger partial charge is 0.213 e. The number of phenolic OH excluding ortho intramolecular Hbond substituents is 2. The summed E-state index contributed by atoms with van der Waals surface area (Å²) in [5.41, 5.74) is 2.03. The highest BCUT2D eigenvalue weighted by Gasteiger charge is 2.12. The zero-order chi connectivity index (χ0) is 13.8. The van der Waals surface area contributed by atoms with E-state index in [-0.39, 0.29) is 11.5 Å². The molecule has 0 saturated carbocycles. The lowest BCUT2D eigenvalue weighted by molar-refractivity contribution is 0.327. The van der Waals surface area contributed by atoms with Crippen molar-refractivity contribution in [2.75, 3.05) is 6.61 Å². The predicted molar refractivity (Wildman–Crippen MR) is 73.5 cm³/mol. The van der Waals surface area contributed by atoms with Crippen molar-refractivity contribution in [3.8, 4) is 28.6 Å². The Hall–Kier alpha value is -2.23. The second kappa shape index (κ2) is 5.61. The summed E-state index contributed by atoms with van der Waals surface area (Å²) in [4.78, 5) is 4.32. The summed E-state index contributed by atoms with van der Waals surface area (Å²) in [5, 5.41) is 19.7. The van der Waals surface area contributed by atoms with Gasteiger partial charge in [0.05, 0.1) is 12.3 Å². The van der Waals surface area contributed by atoms with Gasteiger partial charge in [0, 0.05) is 11.6 Å². The van der Waals surface area contributed by atoms with Crippen molar-refractivity contribution >= 4 is 0 Å². The normalized spacial score (nSPS) is 10.4. The number of hydrogen-bond acceptors (Lipinski definition) is 4. The standard InChI is InChI=1S/C15H17NO3/c1-3-10-8-11(15(18)13(17)9-10)12-6-5-7-14(16-12)19-4-2/h5-9,17-18H,3-4H2,1-2H3. The molecule has 0 atom stereocenters. The van der Waals surface area contributed by atoms with Gasteiger partial charge in [0.1, 0.15) is 0 Å². The first-order valence-electron chi connectivity index (χ1n) is 6.30. The molecule has 1 aromatic heterocycles. The van der Waals surface area contributed by atoms with Crippen LogP contribution in [0.4, 0.5) is 0 Å². The molecule has 100 valence electrons. The first kappa shape index (κ1) is 13.2. The minimum Gasteiger partial charge on any atom is -0.504 e. The number of ether oxygens (including phenoxy) is 1. The zero-order valence-corrected chi connectivity index (χ0v) is 11.1. The molecule has 0 unspecified atom stereocenters. The van der Waals surface area contributed by atoms with E-state index < -0.39 is 0 Å². The van der Waals surface area contributed by atoms with Gasteiger partial charge in [-0.1, -0.05) is 13.0 Å². The molecular formula is C15H17NO3. The Morgan fingerprint density at radius 2 is 1.95 bits per heavy atom. The van der Waals surface area contributed by atoms with E-state index in [4.69, 9.17) is 4.74 Å². The zero-order valence-electron chi connectivity index (χ0n) is 11.1. The van der Waals surface area contributed by atoms with Gasteiger partial charge in [-0.25, -0.2) is 4.98 Å². The highest BCUT2D eigenvalue weighted by molar-refractivity contribution is 5.71. The third-order valence-electron chi connectivity index (χ3n) is 2.85. The van der Waals surface area contributed by atoms with Gasteiger partial charge in [-0.3, -0.25) is 0 Å². The summed E-state index contributed by atoms with van der Waals surface area (Å²) < 4.78 is 5.34. The summed E-state index contributed by atoms with van der Waals surface area (Å²) in [6.45, 7) is 4.40. The fourth-order valence-electron chi connectivity index (χ4n) is 1.87. The topological polar surface area (TPSA) is 62.6 Å². The Kier molecular flexibility index (Phi) is 3.90. The molecule has 0 aliphatic carbocycles. The number of aryl methyl sites for hydroxylation is 1. The van der Waals surface area contributed by atoms with Gasteiger partial charge in [0.2, 0.25) is 5.88 Å². The van der Waals surface area contributed by atoms with Gasteiger partial charge >= 0.3 is 0 Å². The Morgan fingerprint density at radius 1 is 1.16 bits per heavy atom. The molecule has 0 amide bonds. The van der Waals surface area contributed by atoms with Crippen molar-refractivity contribution in [2.24, 2.45) is 0 Å². The van der Waals surface area contributed by atoms with Crippen LogP contribution >= 0.6 is 0 Å². The largest absolute Gasteiger partial charge is 0.504 e. The van der Waals surface area contributed by atoms with Gasteiger partial charge in [-0.15, -0.1) is 0 Å². The highest BCUT2D eigenvalue weighted by Crippen LogP contribution is 2.37. The third-order valence-corrected chi connectivity index (χ3v) is 2.85. The number of hydrogen-bond donors (Lipinski definition) is 2.